The molecular weight excluding hydrogens is 363 g/mol. The Morgan fingerprint density at radius 1 is 1.30 bits per heavy atom. The molecule has 0 saturated carbocycles. The lowest BCUT2D eigenvalue weighted by Gasteiger charge is -2.18. The maximum Gasteiger partial charge on any atom is 0.147 e. The molecule has 0 saturated heterocycles. The van der Waals surface area contributed by atoms with Crippen molar-refractivity contribution in [1.82, 2.24) is 5.32 Å². The predicted molar refractivity (Wildman–Crippen MR) is 92.9 cm³/mol. The summed E-state index contributed by atoms with van der Waals surface area (Å²) in [6.07, 6.45) is -0.833. The van der Waals surface area contributed by atoms with Crippen LogP contribution in [0.1, 0.15) is 18.6 Å². The molecule has 124 valence electrons. The van der Waals surface area contributed by atoms with E-state index in [1.165, 1.54) is 6.07 Å². The highest BCUT2D eigenvalue weighted by Gasteiger charge is 2.14. The van der Waals surface area contributed by atoms with Crippen molar-refractivity contribution in [3.8, 4) is 5.75 Å². The van der Waals surface area contributed by atoms with Crippen molar-refractivity contribution in [2.24, 2.45) is 0 Å². The van der Waals surface area contributed by atoms with Gasteiger partial charge in [0.15, 0.2) is 0 Å². The van der Waals surface area contributed by atoms with Gasteiger partial charge in [0.2, 0.25) is 0 Å². The summed E-state index contributed by atoms with van der Waals surface area (Å²) >= 11 is 3.18. The Balaban J connectivity index is 1.83. The molecule has 0 aliphatic carbocycles. The Labute approximate surface area is 143 Å². The first kappa shape index (κ1) is 17.7. The number of nitrogens with two attached hydrogens (primary N) is 1. The van der Waals surface area contributed by atoms with Crippen molar-refractivity contribution < 1.29 is 14.2 Å². The largest absolute Gasteiger partial charge is 0.492 e. The third-order valence-electron chi connectivity index (χ3n) is 3.39. The lowest BCUT2D eigenvalue weighted by atomic mass is 10.1. The van der Waals surface area contributed by atoms with Gasteiger partial charge in [-0.1, -0.05) is 18.2 Å². The fraction of sp³-hybridized carbons (Fsp3) is 0.294. The van der Waals surface area contributed by atoms with E-state index in [0.717, 1.165) is 5.75 Å². The molecule has 0 aliphatic heterocycles. The average molecular weight is 383 g/mol. The number of aliphatic hydroxyl groups is 1. The molecule has 0 radical (unpaired) electrons. The second-order valence-electron chi connectivity index (χ2n) is 5.35. The van der Waals surface area contributed by atoms with Crippen LogP contribution in [-0.4, -0.2) is 24.3 Å². The molecule has 0 heterocycles. The number of hydrogen-bond donors (Lipinski definition) is 3. The number of anilines is 1. The van der Waals surface area contributed by atoms with Crippen molar-refractivity contribution in [3.63, 3.8) is 0 Å². The maximum absolute atomic E-state index is 13.6. The van der Waals surface area contributed by atoms with Crippen LogP contribution >= 0.6 is 15.9 Å². The fourth-order valence-corrected chi connectivity index (χ4v) is 2.48. The quantitative estimate of drug-likeness (QED) is 0.642. The molecule has 0 fully saturated rings. The molecule has 0 amide bonds. The number of benzene rings is 2. The van der Waals surface area contributed by atoms with Crippen LogP contribution in [0.15, 0.2) is 46.9 Å². The third-order valence-corrected chi connectivity index (χ3v) is 4.05. The van der Waals surface area contributed by atoms with E-state index >= 15 is 0 Å². The number of rotatable bonds is 7. The van der Waals surface area contributed by atoms with Crippen molar-refractivity contribution in [2.75, 3.05) is 18.9 Å². The summed E-state index contributed by atoms with van der Waals surface area (Å²) in [6.45, 7) is 2.71. The van der Waals surface area contributed by atoms with Crippen LogP contribution in [0.5, 0.6) is 5.75 Å². The van der Waals surface area contributed by atoms with Crippen LogP contribution in [0.3, 0.4) is 0 Å². The standard InChI is InChI=1S/C17H20BrFN2O2/c1-11(10-23-13-5-3-2-4-6-13)21-9-16(22)12-7-14(18)17(20)15(19)8-12/h2-8,11,16,21-22H,9-10,20H2,1H3. The predicted octanol–water partition coefficient (Wildman–Crippen LogP) is 3.26. The molecule has 23 heavy (non-hydrogen) atoms. The summed E-state index contributed by atoms with van der Waals surface area (Å²) in [7, 11) is 0. The van der Waals surface area contributed by atoms with Gasteiger partial charge in [-0.25, -0.2) is 4.39 Å². The van der Waals surface area contributed by atoms with Crippen LogP contribution in [0.2, 0.25) is 0 Å². The fourth-order valence-electron chi connectivity index (χ4n) is 2.02. The van der Waals surface area contributed by atoms with E-state index in [9.17, 15) is 9.50 Å². The van der Waals surface area contributed by atoms with Gasteiger partial charge in [0, 0.05) is 17.1 Å². The molecule has 0 aliphatic rings. The van der Waals surface area contributed by atoms with Gasteiger partial charge in [-0.15, -0.1) is 0 Å². The molecule has 2 aromatic rings. The van der Waals surface area contributed by atoms with E-state index < -0.39 is 11.9 Å². The van der Waals surface area contributed by atoms with Gasteiger partial charge < -0.3 is 20.9 Å². The molecular formula is C17H20BrFN2O2. The Bertz CT molecular complexity index is 617. The first-order valence-electron chi connectivity index (χ1n) is 7.31. The molecule has 2 rings (SSSR count). The van der Waals surface area contributed by atoms with Crippen LogP contribution < -0.4 is 15.8 Å². The van der Waals surface area contributed by atoms with E-state index in [4.69, 9.17) is 10.5 Å². The number of para-hydroxylation sites is 1. The van der Waals surface area contributed by atoms with Gasteiger partial charge >= 0.3 is 0 Å². The number of ether oxygens (including phenoxy) is 1. The third kappa shape index (κ3) is 5.20. The van der Waals surface area contributed by atoms with E-state index in [0.29, 0.717) is 16.6 Å². The van der Waals surface area contributed by atoms with Gasteiger partial charge in [0.05, 0.1) is 11.8 Å². The number of aliphatic hydroxyl groups excluding tert-OH is 1. The minimum absolute atomic E-state index is 0.0342. The lowest BCUT2D eigenvalue weighted by Crippen LogP contribution is -2.34. The Hall–Kier alpha value is -1.63. The van der Waals surface area contributed by atoms with Crippen LogP contribution in [0.25, 0.3) is 0 Å². The Morgan fingerprint density at radius 3 is 2.65 bits per heavy atom. The minimum atomic E-state index is -0.833. The van der Waals surface area contributed by atoms with Crippen LogP contribution in [0.4, 0.5) is 10.1 Å². The number of nitrogens with one attached hydrogen (secondary N) is 1. The van der Waals surface area contributed by atoms with Crippen molar-refractivity contribution in [3.05, 3.63) is 58.3 Å². The smallest absolute Gasteiger partial charge is 0.147 e. The second-order valence-corrected chi connectivity index (χ2v) is 6.20. The van der Waals surface area contributed by atoms with Gasteiger partial charge in [0.1, 0.15) is 18.2 Å². The number of hydrogen-bond acceptors (Lipinski definition) is 4. The number of halogens is 2. The Morgan fingerprint density at radius 2 is 2.00 bits per heavy atom. The highest BCUT2D eigenvalue weighted by atomic mass is 79.9. The van der Waals surface area contributed by atoms with E-state index in [1.807, 2.05) is 37.3 Å². The summed E-state index contributed by atoms with van der Waals surface area (Å²) in [5.74, 6) is 0.250. The molecule has 0 bridgehead atoms. The molecule has 0 aromatic heterocycles. The first-order valence-corrected chi connectivity index (χ1v) is 8.10. The summed E-state index contributed by atoms with van der Waals surface area (Å²) < 4.78 is 19.7. The minimum Gasteiger partial charge on any atom is -0.492 e. The van der Waals surface area contributed by atoms with Crippen molar-refractivity contribution >= 4 is 21.6 Å². The summed E-state index contributed by atoms with van der Waals surface area (Å²) in [5.41, 5.74) is 6.04. The van der Waals surface area contributed by atoms with Gasteiger partial charge in [-0.05, 0) is 52.7 Å². The van der Waals surface area contributed by atoms with E-state index in [2.05, 4.69) is 21.2 Å². The van der Waals surface area contributed by atoms with Gasteiger partial charge in [0.25, 0.3) is 0 Å². The summed E-state index contributed by atoms with van der Waals surface area (Å²) in [5, 5.41) is 13.3. The Kier molecular flexibility index (Phi) is 6.38. The number of nitrogen functional groups attached to an aromatic ring is 1. The highest BCUT2D eigenvalue weighted by Crippen LogP contribution is 2.27. The van der Waals surface area contributed by atoms with Crippen LogP contribution in [0, 0.1) is 5.82 Å². The van der Waals surface area contributed by atoms with Gasteiger partial charge in [-0.3, -0.25) is 0 Å². The highest BCUT2D eigenvalue weighted by molar-refractivity contribution is 9.10. The normalized spacial score (nSPS) is 13.6. The zero-order chi connectivity index (χ0) is 16.8. The molecule has 6 heteroatoms. The van der Waals surface area contributed by atoms with E-state index in [-0.39, 0.29) is 18.3 Å². The molecule has 2 aromatic carbocycles. The zero-order valence-corrected chi connectivity index (χ0v) is 14.4. The second kappa shape index (κ2) is 8.29. The topological polar surface area (TPSA) is 67.5 Å². The maximum atomic E-state index is 13.6. The van der Waals surface area contributed by atoms with Crippen molar-refractivity contribution in [1.29, 1.82) is 0 Å². The molecule has 0 spiro atoms. The molecule has 4 N–H and O–H groups in total. The SMILES string of the molecule is CC(COc1ccccc1)NCC(O)c1cc(F)c(N)c(Br)c1. The molecule has 2 atom stereocenters. The summed E-state index contributed by atoms with van der Waals surface area (Å²) in [4.78, 5) is 0. The monoisotopic (exact) mass is 382 g/mol. The van der Waals surface area contributed by atoms with E-state index in [1.54, 1.807) is 6.07 Å². The summed E-state index contributed by atoms with van der Waals surface area (Å²) in [6, 6.07) is 12.4. The first-order chi connectivity index (χ1) is 11.0. The van der Waals surface area contributed by atoms with Gasteiger partial charge in [-0.2, -0.15) is 0 Å². The van der Waals surface area contributed by atoms with Crippen molar-refractivity contribution in [2.45, 2.75) is 19.1 Å². The molecule has 2 unspecified atom stereocenters. The average Bonchev–Trinajstić information content (AvgIpc) is 2.56. The van der Waals surface area contributed by atoms with Crippen LogP contribution in [-0.2, 0) is 0 Å². The lowest BCUT2D eigenvalue weighted by molar-refractivity contribution is 0.163. The zero-order valence-electron chi connectivity index (χ0n) is 12.8. The molecule has 4 nitrogen and oxygen atoms in total.